The topological polar surface area (TPSA) is 86.9 Å². The molecule has 12 heteroatoms. The van der Waals surface area contributed by atoms with E-state index in [4.69, 9.17) is 11.3 Å². The first-order chi connectivity index (χ1) is 24.4. The number of carbonyl (C=O) groups is 2. The van der Waals surface area contributed by atoms with Crippen LogP contribution in [0.4, 0.5) is 30.6 Å². The van der Waals surface area contributed by atoms with Crippen LogP contribution in [0.5, 0.6) is 0 Å². The fourth-order valence-corrected chi connectivity index (χ4v) is 9.03. The van der Waals surface area contributed by atoms with Crippen LogP contribution < -0.4 is 9.80 Å². The van der Waals surface area contributed by atoms with Crippen molar-refractivity contribution in [2.75, 3.05) is 48.8 Å². The number of anilines is 2. The molecule has 0 radical (unpaired) electrons. The first kappa shape index (κ1) is 38.7. The zero-order chi connectivity index (χ0) is 38.1. The Hall–Kier alpha value is -4.50. The molecule has 3 aromatic rings. The van der Waals surface area contributed by atoms with Gasteiger partial charge in [-0.2, -0.15) is 0 Å². The molecule has 2 heterocycles. The van der Waals surface area contributed by atoms with Gasteiger partial charge in [-0.15, -0.1) is 4.36 Å². The van der Waals surface area contributed by atoms with Gasteiger partial charge in [0.05, 0.1) is 22.0 Å². The highest BCUT2D eigenvalue weighted by atomic mass is 32.2. The lowest BCUT2D eigenvalue weighted by Crippen LogP contribution is -2.54. The van der Waals surface area contributed by atoms with Gasteiger partial charge in [-0.3, -0.25) is 4.79 Å². The number of piperazine rings is 1. The SMILES string of the molecule is [C-]#[N+]c1cc(F)ccc1N1CCC(Cc2c(C)cc(C)c(C(=O)N3CCN(c4cccc(F)c4[S@@](C)(=O)=NC(=O)OC(C)(C)C)C[C@@H]3C)c2C)CC1. The van der Waals surface area contributed by atoms with Gasteiger partial charge >= 0.3 is 6.09 Å². The number of nitrogens with zero attached hydrogens (tertiary/aromatic N) is 5. The Morgan fingerprint density at radius 1 is 0.981 bits per heavy atom. The Balaban J connectivity index is 1.32. The molecule has 2 amide bonds. The molecular weight excluding hydrogens is 685 g/mol. The van der Waals surface area contributed by atoms with E-state index in [0.29, 0.717) is 42.5 Å². The maximum absolute atomic E-state index is 15.4. The van der Waals surface area contributed by atoms with Gasteiger partial charge < -0.3 is 19.4 Å². The molecule has 0 saturated carbocycles. The summed E-state index contributed by atoms with van der Waals surface area (Å²) in [5.41, 5.74) is 5.55. The number of piperidine rings is 1. The molecule has 2 aliphatic heterocycles. The molecule has 2 saturated heterocycles. The number of hydrogen-bond acceptors (Lipinski definition) is 6. The number of carbonyl (C=O) groups excluding carboxylic acids is 2. The summed E-state index contributed by atoms with van der Waals surface area (Å²) in [6, 6.07) is 10.6. The summed E-state index contributed by atoms with van der Waals surface area (Å²) in [6.07, 6.45) is 2.89. The number of ether oxygens (including phenoxy) is 1. The molecule has 0 bridgehead atoms. The molecule has 0 aromatic heterocycles. The molecule has 0 unspecified atom stereocenters. The van der Waals surface area contributed by atoms with Gasteiger partial charge in [-0.05, 0) is 126 Å². The molecule has 2 atom stereocenters. The van der Waals surface area contributed by atoms with Crippen LogP contribution in [0.15, 0.2) is 51.7 Å². The second-order valence-corrected chi connectivity index (χ2v) is 17.3. The third-order valence-electron chi connectivity index (χ3n) is 10.0. The van der Waals surface area contributed by atoms with Crippen molar-refractivity contribution in [1.29, 1.82) is 0 Å². The monoisotopic (exact) mass is 733 g/mol. The Bertz CT molecular complexity index is 2040. The normalized spacial score (nSPS) is 18.1. The van der Waals surface area contributed by atoms with E-state index in [1.165, 1.54) is 36.1 Å². The van der Waals surface area contributed by atoms with Gasteiger partial charge in [-0.1, -0.05) is 12.1 Å². The summed E-state index contributed by atoms with van der Waals surface area (Å²) < 4.78 is 51.9. The van der Waals surface area contributed by atoms with E-state index in [2.05, 4.69) is 27.1 Å². The highest BCUT2D eigenvalue weighted by molar-refractivity contribution is 7.93. The lowest BCUT2D eigenvalue weighted by molar-refractivity contribution is 0.0606. The molecule has 3 aromatic carbocycles. The third-order valence-corrected chi connectivity index (χ3v) is 11.7. The highest BCUT2D eigenvalue weighted by Gasteiger charge is 2.33. The number of benzene rings is 3. The Morgan fingerprint density at radius 3 is 2.31 bits per heavy atom. The number of rotatable bonds is 6. The van der Waals surface area contributed by atoms with Crippen molar-refractivity contribution >= 4 is 38.8 Å². The zero-order valence-corrected chi connectivity index (χ0v) is 32.2. The highest BCUT2D eigenvalue weighted by Crippen LogP contribution is 2.36. The largest absolute Gasteiger partial charge is 0.442 e. The van der Waals surface area contributed by atoms with Crippen molar-refractivity contribution in [3.05, 3.63) is 93.3 Å². The Labute approximate surface area is 306 Å². The fourth-order valence-electron chi connectivity index (χ4n) is 7.60. The third kappa shape index (κ3) is 8.41. The second kappa shape index (κ2) is 15.2. The molecule has 9 nitrogen and oxygen atoms in total. The van der Waals surface area contributed by atoms with E-state index in [-0.39, 0.29) is 16.8 Å². The molecule has 0 N–H and O–H groups in total. The Morgan fingerprint density at radius 2 is 1.67 bits per heavy atom. The second-order valence-electron chi connectivity index (χ2n) is 15.1. The van der Waals surface area contributed by atoms with Crippen LogP contribution in [-0.4, -0.2) is 71.7 Å². The van der Waals surface area contributed by atoms with Crippen LogP contribution in [0.1, 0.15) is 73.1 Å². The average molecular weight is 734 g/mol. The minimum Gasteiger partial charge on any atom is -0.442 e. The quantitative estimate of drug-likeness (QED) is 0.236. The van der Waals surface area contributed by atoms with Crippen molar-refractivity contribution in [3.8, 4) is 0 Å². The molecule has 278 valence electrons. The predicted octanol–water partition coefficient (Wildman–Crippen LogP) is 8.64. The molecule has 2 fully saturated rings. The van der Waals surface area contributed by atoms with E-state index in [9.17, 15) is 18.2 Å². The first-order valence-electron chi connectivity index (χ1n) is 17.7. The maximum atomic E-state index is 15.4. The fraction of sp³-hybridized carbons (Fsp3) is 0.475. The smallest absolute Gasteiger partial charge is 0.442 e. The lowest BCUT2D eigenvalue weighted by atomic mass is 9.83. The van der Waals surface area contributed by atoms with E-state index >= 15 is 4.39 Å². The Kier molecular flexibility index (Phi) is 11.3. The molecule has 5 rings (SSSR count). The predicted molar refractivity (Wildman–Crippen MR) is 202 cm³/mol. The van der Waals surface area contributed by atoms with Crippen LogP contribution in [0.25, 0.3) is 4.85 Å². The van der Waals surface area contributed by atoms with E-state index in [1.54, 1.807) is 32.9 Å². The van der Waals surface area contributed by atoms with Crippen LogP contribution in [0, 0.1) is 44.9 Å². The van der Waals surface area contributed by atoms with Crippen LogP contribution >= 0.6 is 0 Å². The van der Waals surface area contributed by atoms with Gasteiger partial charge in [0.1, 0.15) is 22.1 Å². The molecule has 2 aliphatic rings. The van der Waals surface area contributed by atoms with Crippen molar-refractivity contribution < 1.29 is 27.3 Å². The van der Waals surface area contributed by atoms with Crippen molar-refractivity contribution in [2.24, 2.45) is 10.3 Å². The average Bonchev–Trinajstić information content (AvgIpc) is 3.05. The summed E-state index contributed by atoms with van der Waals surface area (Å²) in [5, 5.41) is 0. The summed E-state index contributed by atoms with van der Waals surface area (Å²) in [6.45, 7) is 23.2. The minimum atomic E-state index is -3.51. The van der Waals surface area contributed by atoms with Gasteiger partial charge in [0, 0.05) is 56.3 Å². The molecule has 0 spiro atoms. The lowest BCUT2D eigenvalue weighted by Gasteiger charge is -2.42. The van der Waals surface area contributed by atoms with Gasteiger partial charge in [0.15, 0.2) is 0 Å². The summed E-state index contributed by atoms with van der Waals surface area (Å²) in [5.74, 6) is -0.792. The van der Waals surface area contributed by atoms with Crippen LogP contribution in [0.2, 0.25) is 0 Å². The molecular formula is C40H49F2N5O4S. The van der Waals surface area contributed by atoms with Crippen molar-refractivity contribution in [3.63, 3.8) is 0 Å². The van der Waals surface area contributed by atoms with Crippen LogP contribution in [0.3, 0.4) is 0 Å². The van der Waals surface area contributed by atoms with Gasteiger partial charge in [0.2, 0.25) is 5.69 Å². The van der Waals surface area contributed by atoms with Crippen molar-refractivity contribution in [2.45, 2.75) is 84.3 Å². The van der Waals surface area contributed by atoms with E-state index < -0.39 is 33.1 Å². The zero-order valence-electron chi connectivity index (χ0n) is 31.4. The standard InChI is InChI=1S/C40H49F2N5O4S/c1-25-21-26(2)36(28(4)31(25)22-29-15-17-45(18-16-29)34-14-13-30(41)23-33(34)43-8)38(48)47-20-19-46(24-27(47)3)35-12-10-11-32(42)37(35)52(9,50)44-39(49)51-40(5,6)7/h10-14,21,23,27,29H,15-20,22,24H2,1-7,9H3/t27-,52+/m0/s1. The van der Waals surface area contributed by atoms with Gasteiger partial charge in [0.25, 0.3) is 5.91 Å². The maximum Gasteiger partial charge on any atom is 0.442 e. The van der Waals surface area contributed by atoms with E-state index in [1.807, 2.05) is 30.6 Å². The summed E-state index contributed by atoms with van der Waals surface area (Å²) in [7, 11) is -3.51. The summed E-state index contributed by atoms with van der Waals surface area (Å²) in [4.78, 5) is 36.1. The number of amides is 2. The number of hydrogen-bond donors (Lipinski definition) is 0. The number of halogens is 2. The number of aryl methyl sites for hydroxylation is 2. The minimum absolute atomic E-state index is 0.0557. The van der Waals surface area contributed by atoms with Crippen LogP contribution in [-0.2, 0) is 20.9 Å². The van der Waals surface area contributed by atoms with E-state index in [0.717, 1.165) is 54.7 Å². The molecule has 52 heavy (non-hydrogen) atoms. The van der Waals surface area contributed by atoms with Gasteiger partial charge in [-0.25, -0.2) is 22.6 Å². The summed E-state index contributed by atoms with van der Waals surface area (Å²) >= 11 is 0. The van der Waals surface area contributed by atoms with Crippen molar-refractivity contribution in [1.82, 2.24) is 4.90 Å². The first-order valence-corrected chi connectivity index (χ1v) is 19.6. The molecule has 0 aliphatic carbocycles.